The second kappa shape index (κ2) is 7.13. The SMILES string of the molecule is Cc1ccc(C(=O)NCC(=O)[O-])cc1.[K+]. The van der Waals surface area contributed by atoms with Gasteiger partial charge in [0, 0.05) is 5.56 Å². The summed E-state index contributed by atoms with van der Waals surface area (Å²) in [6, 6.07) is 6.85. The predicted molar refractivity (Wildman–Crippen MR) is 48.5 cm³/mol. The number of carboxylic acid groups (broad SMARTS) is 1. The molecule has 0 heterocycles. The summed E-state index contributed by atoms with van der Waals surface area (Å²) in [6.07, 6.45) is 0. The molecule has 0 spiro atoms. The average molecular weight is 231 g/mol. The quantitative estimate of drug-likeness (QED) is 0.548. The first-order chi connectivity index (χ1) is 6.59. The maximum absolute atomic E-state index is 11.3. The monoisotopic (exact) mass is 231 g/mol. The molecule has 0 aromatic heterocycles. The Kier molecular flexibility index (Phi) is 7.04. The maximum Gasteiger partial charge on any atom is 1.00 e. The van der Waals surface area contributed by atoms with Gasteiger partial charge in [0.05, 0.1) is 12.5 Å². The number of carbonyl (C=O) groups excluding carboxylic acids is 2. The second-order valence-electron chi connectivity index (χ2n) is 2.92. The number of aliphatic carboxylic acids is 1. The van der Waals surface area contributed by atoms with E-state index in [1.54, 1.807) is 24.3 Å². The maximum atomic E-state index is 11.3. The Balaban J connectivity index is 0.00000196. The van der Waals surface area contributed by atoms with Crippen LogP contribution in [0.3, 0.4) is 0 Å². The minimum absolute atomic E-state index is 0. The van der Waals surface area contributed by atoms with E-state index in [1.807, 2.05) is 6.92 Å². The molecule has 0 bridgehead atoms. The van der Waals surface area contributed by atoms with E-state index < -0.39 is 18.4 Å². The van der Waals surface area contributed by atoms with Crippen LogP contribution < -0.4 is 61.8 Å². The molecule has 15 heavy (non-hydrogen) atoms. The number of nitrogens with one attached hydrogen (secondary N) is 1. The smallest absolute Gasteiger partial charge is 0.548 e. The molecule has 5 heteroatoms. The van der Waals surface area contributed by atoms with Gasteiger partial charge in [0.2, 0.25) is 0 Å². The molecule has 1 rings (SSSR count). The Labute approximate surface area is 130 Å². The van der Waals surface area contributed by atoms with E-state index in [4.69, 9.17) is 0 Å². The number of benzene rings is 1. The molecule has 0 aliphatic rings. The van der Waals surface area contributed by atoms with Crippen LogP contribution in [0.1, 0.15) is 15.9 Å². The van der Waals surface area contributed by atoms with Gasteiger partial charge < -0.3 is 15.2 Å². The van der Waals surface area contributed by atoms with Crippen LogP contribution >= 0.6 is 0 Å². The molecule has 1 aromatic carbocycles. The fraction of sp³-hybridized carbons (Fsp3) is 0.200. The van der Waals surface area contributed by atoms with Crippen molar-refractivity contribution in [3.63, 3.8) is 0 Å². The predicted octanol–water partition coefficient (Wildman–Crippen LogP) is -3.52. The Hall–Kier alpha value is -0.204. The van der Waals surface area contributed by atoms with E-state index in [1.165, 1.54) is 0 Å². The first-order valence-corrected chi connectivity index (χ1v) is 4.14. The number of amides is 1. The Bertz CT molecular complexity index is 348. The number of aryl methyl sites for hydroxylation is 1. The summed E-state index contributed by atoms with van der Waals surface area (Å²) in [4.78, 5) is 21.3. The van der Waals surface area contributed by atoms with E-state index >= 15 is 0 Å². The largest absolute Gasteiger partial charge is 1.00 e. The molecule has 0 saturated carbocycles. The van der Waals surface area contributed by atoms with Crippen molar-refractivity contribution in [1.29, 1.82) is 0 Å². The average Bonchev–Trinajstić information content (AvgIpc) is 2.15. The van der Waals surface area contributed by atoms with Gasteiger partial charge in [0.1, 0.15) is 0 Å². The molecule has 0 aliphatic heterocycles. The van der Waals surface area contributed by atoms with Gasteiger partial charge in [0.15, 0.2) is 0 Å². The normalized spacial score (nSPS) is 8.87. The number of hydrogen-bond donors (Lipinski definition) is 1. The molecule has 0 unspecified atom stereocenters. The molecule has 0 atom stereocenters. The van der Waals surface area contributed by atoms with Gasteiger partial charge in [0.25, 0.3) is 5.91 Å². The summed E-state index contributed by atoms with van der Waals surface area (Å²) in [5.41, 5.74) is 1.48. The van der Waals surface area contributed by atoms with Gasteiger partial charge in [-0.05, 0) is 19.1 Å². The molecule has 1 N–H and O–H groups in total. The van der Waals surface area contributed by atoms with Crippen LogP contribution in [0.15, 0.2) is 24.3 Å². The Morgan fingerprint density at radius 1 is 1.27 bits per heavy atom. The zero-order valence-corrected chi connectivity index (χ0v) is 11.9. The summed E-state index contributed by atoms with van der Waals surface area (Å²) < 4.78 is 0. The van der Waals surface area contributed by atoms with Crippen LogP contribution in [-0.2, 0) is 4.79 Å². The summed E-state index contributed by atoms with van der Waals surface area (Å²) >= 11 is 0. The molecule has 0 fully saturated rings. The van der Waals surface area contributed by atoms with Crippen LogP contribution in [0.2, 0.25) is 0 Å². The second-order valence-corrected chi connectivity index (χ2v) is 2.92. The van der Waals surface area contributed by atoms with Gasteiger partial charge in [-0.25, -0.2) is 0 Å². The van der Waals surface area contributed by atoms with Gasteiger partial charge in [-0.15, -0.1) is 0 Å². The van der Waals surface area contributed by atoms with E-state index in [2.05, 4.69) is 5.32 Å². The first-order valence-electron chi connectivity index (χ1n) is 4.14. The fourth-order valence-electron chi connectivity index (χ4n) is 0.959. The minimum atomic E-state index is -1.30. The van der Waals surface area contributed by atoms with Crippen molar-refractivity contribution in [2.45, 2.75) is 6.92 Å². The standard InChI is InChI=1S/C10H11NO3.K/c1-7-2-4-8(5-3-7)10(14)11-6-9(12)13;/h2-5H,6H2,1H3,(H,11,14)(H,12,13);/q;+1/p-1. The van der Waals surface area contributed by atoms with E-state index in [-0.39, 0.29) is 51.4 Å². The van der Waals surface area contributed by atoms with Crippen LogP contribution in [0.5, 0.6) is 0 Å². The molecule has 1 aromatic rings. The van der Waals surface area contributed by atoms with Gasteiger partial charge in [-0.3, -0.25) is 4.79 Å². The van der Waals surface area contributed by atoms with Crippen molar-refractivity contribution < 1.29 is 66.1 Å². The summed E-state index contributed by atoms with van der Waals surface area (Å²) in [5, 5.41) is 12.3. The molecular weight excluding hydrogens is 221 g/mol. The topological polar surface area (TPSA) is 69.2 Å². The number of carboxylic acids is 1. The molecule has 74 valence electrons. The zero-order valence-electron chi connectivity index (χ0n) is 8.74. The van der Waals surface area contributed by atoms with Crippen LogP contribution in [0, 0.1) is 6.92 Å². The summed E-state index contributed by atoms with van der Waals surface area (Å²) in [6.45, 7) is 1.44. The summed E-state index contributed by atoms with van der Waals surface area (Å²) in [5.74, 6) is -1.71. The molecular formula is C10H10KNO3. The van der Waals surface area contributed by atoms with Gasteiger partial charge in [-0.1, -0.05) is 17.7 Å². The van der Waals surface area contributed by atoms with Gasteiger partial charge >= 0.3 is 51.4 Å². The number of carbonyl (C=O) groups is 2. The van der Waals surface area contributed by atoms with Crippen LogP contribution in [-0.4, -0.2) is 18.4 Å². The van der Waals surface area contributed by atoms with Crippen molar-refractivity contribution >= 4 is 11.9 Å². The van der Waals surface area contributed by atoms with Gasteiger partial charge in [-0.2, -0.15) is 0 Å². The van der Waals surface area contributed by atoms with Crippen molar-refractivity contribution in [2.24, 2.45) is 0 Å². The summed E-state index contributed by atoms with van der Waals surface area (Å²) in [7, 11) is 0. The third-order valence-electron chi connectivity index (χ3n) is 1.71. The van der Waals surface area contributed by atoms with Crippen molar-refractivity contribution in [3.05, 3.63) is 35.4 Å². The molecule has 4 nitrogen and oxygen atoms in total. The van der Waals surface area contributed by atoms with E-state index in [0.29, 0.717) is 5.56 Å². The van der Waals surface area contributed by atoms with Crippen LogP contribution in [0.4, 0.5) is 0 Å². The molecule has 0 radical (unpaired) electrons. The van der Waals surface area contributed by atoms with E-state index in [9.17, 15) is 14.7 Å². The minimum Gasteiger partial charge on any atom is -0.548 e. The van der Waals surface area contributed by atoms with Crippen molar-refractivity contribution in [1.82, 2.24) is 5.32 Å². The molecule has 0 aliphatic carbocycles. The fourth-order valence-corrected chi connectivity index (χ4v) is 0.959. The van der Waals surface area contributed by atoms with Crippen molar-refractivity contribution in [3.8, 4) is 0 Å². The molecule has 0 saturated heterocycles. The van der Waals surface area contributed by atoms with Crippen molar-refractivity contribution in [2.75, 3.05) is 6.54 Å². The van der Waals surface area contributed by atoms with Crippen LogP contribution in [0.25, 0.3) is 0 Å². The Morgan fingerprint density at radius 3 is 2.27 bits per heavy atom. The third kappa shape index (κ3) is 5.43. The number of rotatable bonds is 3. The number of hydrogen-bond acceptors (Lipinski definition) is 3. The zero-order chi connectivity index (χ0) is 10.6. The molecule has 1 amide bonds. The van der Waals surface area contributed by atoms with E-state index in [0.717, 1.165) is 5.56 Å². The third-order valence-corrected chi connectivity index (χ3v) is 1.71. The Morgan fingerprint density at radius 2 is 1.80 bits per heavy atom. The first kappa shape index (κ1) is 14.8.